The number of H-pyrrole nitrogens is 1. The number of ether oxygens (including phenoxy) is 1. The van der Waals surface area contributed by atoms with E-state index < -0.39 is 32.5 Å². The summed E-state index contributed by atoms with van der Waals surface area (Å²) in [6, 6.07) is 12.2. The number of fused-ring (bicyclic) bond motifs is 2. The quantitative estimate of drug-likeness (QED) is 0.421. The van der Waals surface area contributed by atoms with E-state index in [1.165, 1.54) is 6.07 Å². The minimum Gasteiger partial charge on any atom is -0.491 e. The molecule has 0 radical (unpaired) electrons. The third-order valence-corrected chi connectivity index (χ3v) is 7.62. The van der Waals surface area contributed by atoms with Gasteiger partial charge in [-0.3, -0.25) is 4.79 Å². The van der Waals surface area contributed by atoms with Crippen LogP contribution in [0.1, 0.15) is 28.4 Å². The summed E-state index contributed by atoms with van der Waals surface area (Å²) >= 11 is 0. The second-order valence-corrected chi connectivity index (χ2v) is 10.4. The SMILES string of the molecule is CCc1c(C(=O)N2CCOc3ccc(-c4ccc5nc[nH]c5c4)cc3C2)ccc(S(=O)(=O)CF)c1F. The molecule has 1 aliphatic heterocycles. The maximum Gasteiger partial charge on any atom is 0.254 e. The van der Waals surface area contributed by atoms with Crippen LogP contribution in [0.3, 0.4) is 0 Å². The molecular weight excluding hydrogens is 488 g/mol. The molecule has 10 heteroatoms. The summed E-state index contributed by atoms with van der Waals surface area (Å²) in [4.78, 5) is 21.6. The summed E-state index contributed by atoms with van der Waals surface area (Å²) in [6.07, 6.45) is 1.71. The molecule has 0 unspecified atom stereocenters. The second kappa shape index (κ2) is 9.34. The average Bonchev–Trinajstić information content (AvgIpc) is 3.25. The summed E-state index contributed by atoms with van der Waals surface area (Å²) in [7, 11) is -4.41. The van der Waals surface area contributed by atoms with E-state index in [1.54, 1.807) is 18.2 Å². The number of hydrogen-bond donors (Lipinski definition) is 1. The topological polar surface area (TPSA) is 92.4 Å². The molecule has 0 aliphatic carbocycles. The molecule has 1 aliphatic rings. The van der Waals surface area contributed by atoms with Crippen LogP contribution in [0.15, 0.2) is 59.8 Å². The highest BCUT2D eigenvalue weighted by Gasteiger charge is 2.28. The zero-order chi connectivity index (χ0) is 25.4. The van der Waals surface area contributed by atoms with Crippen molar-refractivity contribution in [3.05, 3.63) is 77.4 Å². The lowest BCUT2D eigenvalue weighted by atomic mass is 10.0. The van der Waals surface area contributed by atoms with Crippen molar-refractivity contribution in [1.82, 2.24) is 14.9 Å². The molecule has 5 rings (SSSR count). The fourth-order valence-electron chi connectivity index (χ4n) is 4.48. The molecule has 7 nitrogen and oxygen atoms in total. The Bertz CT molecular complexity index is 1580. The van der Waals surface area contributed by atoms with Crippen molar-refractivity contribution in [1.29, 1.82) is 0 Å². The van der Waals surface area contributed by atoms with Gasteiger partial charge in [0.05, 0.1) is 23.9 Å². The van der Waals surface area contributed by atoms with Crippen LogP contribution in [0, 0.1) is 5.82 Å². The number of alkyl halides is 1. The van der Waals surface area contributed by atoms with Gasteiger partial charge < -0.3 is 14.6 Å². The standard InChI is InChI=1S/C26H23F2N3O4S/c1-2-19-20(5-8-24(25(19)28)36(33,34)14-27)26(32)31-9-10-35-23-7-4-16(11-18(23)13-31)17-3-6-21-22(12-17)30-15-29-21/h3-8,11-12,15H,2,9-10,13-14H2,1H3,(H,29,30). The summed E-state index contributed by atoms with van der Waals surface area (Å²) < 4.78 is 57.7. The molecule has 1 N–H and O–H groups in total. The first kappa shape index (κ1) is 23.9. The molecule has 0 bridgehead atoms. The molecule has 0 saturated heterocycles. The van der Waals surface area contributed by atoms with E-state index in [0.717, 1.165) is 33.8 Å². The van der Waals surface area contributed by atoms with Gasteiger partial charge in [-0.15, -0.1) is 0 Å². The maximum absolute atomic E-state index is 15.0. The van der Waals surface area contributed by atoms with E-state index in [1.807, 2.05) is 36.4 Å². The minimum atomic E-state index is -4.41. The van der Waals surface area contributed by atoms with Gasteiger partial charge in [-0.25, -0.2) is 22.2 Å². The Hall–Kier alpha value is -3.79. The lowest BCUT2D eigenvalue weighted by molar-refractivity contribution is 0.0731. The third-order valence-electron chi connectivity index (χ3n) is 6.35. The van der Waals surface area contributed by atoms with Crippen LogP contribution in [0.5, 0.6) is 5.75 Å². The molecular formula is C26H23F2N3O4S. The van der Waals surface area contributed by atoms with Gasteiger partial charge in [0.1, 0.15) is 23.1 Å². The molecule has 0 saturated carbocycles. The maximum atomic E-state index is 15.0. The van der Waals surface area contributed by atoms with Crippen LogP contribution in [0.2, 0.25) is 0 Å². The monoisotopic (exact) mass is 511 g/mol. The van der Waals surface area contributed by atoms with Crippen molar-refractivity contribution in [2.75, 3.05) is 19.2 Å². The third kappa shape index (κ3) is 4.21. The zero-order valence-corrected chi connectivity index (χ0v) is 20.2. The van der Waals surface area contributed by atoms with Gasteiger partial charge >= 0.3 is 0 Å². The first-order valence-corrected chi connectivity index (χ1v) is 13.1. The van der Waals surface area contributed by atoms with Gasteiger partial charge in [-0.2, -0.15) is 0 Å². The van der Waals surface area contributed by atoms with E-state index in [0.29, 0.717) is 5.75 Å². The number of aromatic amines is 1. The van der Waals surface area contributed by atoms with Gasteiger partial charge in [-0.1, -0.05) is 19.1 Å². The van der Waals surface area contributed by atoms with E-state index in [9.17, 15) is 17.6 Å². The van der Waals surface area contributed by atoms with Crippen molar-refractivity contribution >= 4 is 26.8 Å². The normalized spacial score (nSPS) is 13.8. The first-order chi connectivity index (χ1) is 17.3. The number of aromatic nitrogens is 2. The highest BCUT2D eigenvalue weighted by Crippen LogP contribution is 2.32. The van der Waals surface area contributed by atoms with Crippen molar-refractivity contribution in [2.45, 2.75) is 24.8 Å². The molecule has 1 aromatic heterocycles. The number of imidazole rings is 1. The minimum absolute atomic E-state index is 0.0529. The Morgan fingerprint density at radius 1 is 1.14 bits per heavy atom. The lowest BCUT2D eigenvalue weighted by Crippen LogP contribution is -2.33. The van der Waals surface area contributed by atoms with E-state index in [2.05, 4.69) is 9.97 Å². The second-order valence-electron chi connectivity index (χ2n) is 8.51. The van der Waals surface area contributed by atoms with Crippen molar-refractivity contribution in [3.63, 3.8) is 0 Å². The Kier molecular flexibility index (Phi) is 6.21. The van der Waals surface area contributed by atoms with Crippen molar-refractivity contribution < 1.29 is 26.7 Å². The Morgan fingerprint density at radius 3 is 2.69 bits per heavy atom. The number of nitrogens with zero attached hydrogens (tertiary/aromatic N) is 2. The Labute approximate surface area is 206 Å². The fourth-order valence-corrected chi connectivity index (χ4v) is 5.27. The Balaban J connectivity index is 1.48. The van der Waals surface area contributed by atoms with Crippen LogP contribution >= 0.6 is 0 Å². The number of hydrogen-bond acceptors (Lipinski definition) is 5. The smallest absolute Gasteiger partial charge is 0.254 e. The predicted octanol–water partition coefficient (Wildman–Crippen LogP) is 4.67. The van der Waals surface area contributed by atoms with E-state index in [-0.39, 0.29) is 37.2 Å². The van der Waals surface area contributed by atoms with Gasteiger partial charge in [-0.05, 0) is 53.9 Å². The largest absolute Gasteiger partial charge is 0.491 e. The number of nitrogens with one attached hydrogen (secondary N) is 1. The summed E-state index contributed by atoms with van der Waals surface area (Å²) in [5, 5.41) is 0. The molecule has 2 heterocycles. The molecule has 3 aromatic carbocycles. The molecule has 0 atom stereocenters. The van der Waals surface area contributed by atoms with Crippen LogP contribution in [-0.4, -0.2) is 48.4 Å². The van der Waals surface area contributed by atoms with Gasteiger partial charge in [0.15, 0.2) is 6.01 Å². The summed E-state index contributed by atoms with van der Waals surface area (Å²) in [5.74, 6) is -0.873. The van der Waals surface area contributed by atoms with Gasteiger partial charge in [0.25, 0.3) is 5.91 Å². The summed E-state index contributed by atoms with van der Waals surface area (Å²) in [5.41, 5.74) is 4.46. The van der Waals surface area contributed by atoms with E-state index >= 15 is 4.39 Å². The fraction of sp³-hybridized carbons (Fsp3) is 0.231. The first-order valence-electron chi connectivity index (χ1n) is 11.4. The number of sulfone groups is 1. The molecule has 186 valence electrons. The number of carbonyl (C=O) groups excluding carboxylic acids is 1. The van der Waals surface area contributed by atoms with Crippen LogP contribution in [0.25, 0.3) is 22.2 Å². The van der Waals surface area contributed by atoms with Crippen LogP contribution < -0.4 is 4.74 Å². The van der Waals surface area contributed by atoms with E-state index in [4.69, 9.17) is 4.74 Å². The Morgan fingerprint density at radius 2 is 1.92 bits per heavy atom. The van der Waals surface area contributed by atoms with Crippen LogP contribution in [0.4, 0.5) is 8.78 Å². The molecule has 0 fully saturated rings. The molecule has 4 aromatic rings. The number of rotatable bonds is 5. The van der Waals surface area contributed by atoms with Gasteiger partial charge in [0, 0.05) is 23.2 Å². The summed E-state index contributed by atoms with van der Waals surface area (Å²) in [6.45, 7) is 2.35. The lowest BCUT2D eigenvalue weighted by Gasteiger charge is -2.22. The number of carbonyl (C=O) groups is 1. The van der Waals surface area contributed by atoms with Gasteiger partial charge in [0.2, 0.25) is 9.84 Å². The number of halogens is 2. The predicted molar refractivity (Wildman–Crippen MR) is 131 cm³/mol. The highest BCUT2D eigenvalue weighted by atomic mass is 32.2. The number of benzene rings is 3. The molecule has 36 heavy (non-hydrogen) atoms. The van der Waals surface area contributed by atoms with Crippen LogP contribution in [-0.2, 0) is 22.8 Å². The highest BCUT2D eigenvalue weighted by molar-refractivity contribution is 7.91. The zero-order valence-electron chi connectivity index (χ0n) is 19.4. The average molecular weight is 512 g/mol. The van der Waals surface area contributed by atoms with Crippen molar-refractivity contribution in [3.8, 4) is 16.9 Å². The molecule has 0 spiro atoms. The number of amides is 1. The van der Waals surface area contributed by atoms with Crippen molar-refractivity contribution in [2.24, 2.45) is 0 Å². The molecule has 1 amide bonds.